The van der Waals surface area contributed by atoms with E-state index in [0.717, 1.165) is 0 Å². The molecule has 0 rings (SSSR count). The smallest absolute Gasteiger partial charge is 0.320 e. The maximum absolute atomic E-state index is 12.1. The molecule has 0 aliphatic rings. The van der Waals surface area contributed by atoms with Crippen molar-refractivity contribution in [2.24, 2.45) is 5.73 Å². The zero-order valence-electron chi connectivity index (χ0n) is 6.50. The van der Waals surface area contributed by atoms with Crippen molar-refractivity contribution in [3.8, 4) is 0 Å². The molecule has 66 valence electrons. The van der Waals surface area contributed by atoms with Gasteiger partial charge in [0.1, 0.15) is 6.04 Å². The van der Waals surface area contributed by atoms with Crippen LogP contribution in [0.2, 0.25) is 0 Å². The minimum Gasteiger partial charge on any atom is -0.480 e. The molecule has 0 amide bonds. The molecule has 0 saturated carbocycles. The standard InChI is InChI=1S/C6H12FNO2S/c1-6(2,11-7)3-4(8)5(9)10/h4H,3,8H2,1-2H3,(H,9,10)/t4-/m0/s1. The van der Waals surface area contributed by atoms with E-state index in [1.807, 2.05) is 0 Å². The van der Waals surface area contributed by atoms with E-state index in [-0.39, 0.29) is 18.6 Å². The van der Waals surface area contributed by atoms with Gasteiger partial charge in [-0.25, -0.2) is 0 Å². The van der Waals surface area contributed by atoms with Crippen LogP contribution < -0.4 is 5.73 Å². The summed E-state index contributed by atoms with van der Waals surface area (Å²) < 4.78 is 11.4. The zero-order valence-corrected chi connectivity index (χ0v) is 7.32. The third kappa shape index (κ3) is 4.21. The molecule has 0 radical (unpaired) electrons. The summed E-state index contributed by atoms with van der Waals surface area (Å²) in [7, 11) is 0. The summed E-state index contributed by atoms with van der Waals surface area (Å²) in [6.07, 6.45) is 0.128. The van der Waals surface area contributed by atoms with E-state index in [0.29, 0.717) is 0 Å². The van der Waals surface area contributed by atoms with Gasteiger partial charge in [-0.05, 0) is 20.3 Å². The van der Waals surface area contributed by atoms with Crippen LogP contribution >= 0.6 is 12.1 Å². The molecule has 0 heterocycles. The van der Waals surface area contributed by atoms with Crippen LogP contribution in [0.3, 0.4) is 0 Å². The fourth-order valence-corrected chi connectivity index (χ4v) is 0.891. The molecular weight excluding hydrogens is 169 g/mol. The number of halogens is 1. The Morgan fingerprint density at radius 3 is 2.55 bits per heavy atom. The fourth-order valence-electron chi connectivity index (χ4n) is 0.648. The minimum atomic E-state index is -1.09. The molecule has 0 aliphatic heterocycles. The maximum Gasteiger partial charge on any atom is 0.320 e. The van der Waals surface area contributed by atoms with Gasteiger partial charge in [-0.1, -0.05) is 0 Å². The Labute approximate surface area is 69.4 Å². The van der Waals surface area contributed by atoms with Crippen molar-refractivity contribution >= 4 is 18.1 Å². The molecule has 0 aromatic carbocycles. The first-order valence-electron chi connectivity index (χ1n) is 3.17. The van der Waals surface area contributed by atoms with Gasteiger partial charge in [0.05, 0.1) is 12.1 Å². The molecule has 1 atom stereocenters. The quantitative estimate of drug-likeness (QED) is 0.683. The molecule has 0 aliphatic carbocycles. The summed E-state index contributed by atoms with van der Waals surface area (Å²) in [6, 6.07) is -0.978. The van der Waals surface area contributed by atoms with Gasteiger partial charge in [0.15, 0.2) is 0 Å². The van der Waals surface area contributed by atoms with Gasteiger partial charge >= 0.3 is 5.97 Å². The average molecular weight is 181 g/mol. The average Bonchev–Trinajstić information content (AvgIpc) is 1.87. The summed E-state index contributed by atoms with van der Waals surface area (Å²) in [5, 5.41) is 8.38. The van der Waals surface area contributed by atoms with Crippen molar-refractivity contribution in [3.05, 3.63) is 0 Å². The van der Waals surface area contributed by atoms with E-state index in [1.54, 1.807) is 13.8 Å². The molecule has 3 N–H and O–H groups in total. The lowest BCUT2D eigenvalue weighted by Crippen LogP contribution is -2.36. The van der Waals surface area contributed by atoms with Gasteiger partial charge in [0.25, 0.3) is 0 Å². The molecular formula is C6H12FNO2S. The number of nitrogens with two attached hydrogens (primary N) is 1. The number of hydrogen-bond donors (Lipinski definition) is 2. The van der Waals surface area contributed by atoms with Gasteiger partial charge < -0.3 is 10.8 Å². The van der Waals surface area contributed by atoms with Crippen LogP contribution in [0.5, 0.6) is 0 Å². The molecule has 0 aromatic rings. The molecule has 3 nitrogen and oxygen atoms in total. The van der Waals surface area contributed by atoms with Crippen molar-refractivity contribution in [1.82, 2.24) is 0 Å². The maximum atomic E-state index is 12.1. The van der Waals surface area contributed by atoms with E-state index < -0.39 is 16.8 Å². The first kappa shape index (κ1) is 10.7. The largest absolute Gasteiger partial charge is 0.480 e. The number of aliphatic carboxylic acids is 1. The third-order valence-corrected chi connectivity index (χ3v) is 1.82. The van der Waals surface area contributed by atoms with E-state index in [4.69, 9.17) is 10.8 Å². The molecule has 5 heteroatoms. The summed E-state index contributed by atoms with van der Waals surface area (Å²) in [5.74, 6) is -1.09. The molecule has 0 fully saturated rings. The molecule has 0 aromatic heterocycles. The van der Waals surface area contributed by atoms with Crippen LogP contribution in [0.25, 0.3) is 0 Å². The van der Waals surface area contributed by atoms with Crippen LogP contribution in [0, 0.1) is 0 Å². The Morgan fingerprint density at radius 1 is 1.82 bits per heavy atom. The van der Waals surface area contributed by atoms with Crippen LogP contribution in [0.1, 0.15) is 20.3 Å². The zero-order chi connectivity index (χ0) is 9.07. The first-order valence-corrected chi connectivity index (χ1v) is 3.89. The van der Waals surface area contributed by atoms with Crippen molar-refractivity contribution in [2.75, 3.05) is 0 Å². The summed E-state index contributed by atoms with van der Waals surface area (Å²) in [4.78, 5) is 10.2. The van der Waals surface area contributed by atoms with Gasteiger partial charge in [-0.15, -0.1) is 0 Å². The van der Waals surface area contributed by atoms with Crippen molar-refractivity contribution in [2.45, 2.75) is 31.1 Å². The predicted molar refractivity (Wildman–Crippen MR) is 43.0 cm³/mol. The summed E-state index contributed by atoms with van der Waals surface area (Å²) in [5.41, 5.74) is 5.20. The lowest BCUT2D eigenvalue weighted by molar-refractivity contribution is -0.138. The normalized spacial score (nSPS) is 14.5. The Bertz CT molecular complexity index is 152. The van der Waals surface area contributed by atoms with Crippen LogP contribution in [0.15, 0.2) is 0 Å². The Morgan fingerprint density at radius 2 is 2.27 bits per heavy atom. The SMILES string of the molecule is CC(C)(C[C@H](N)C(=O)O)SF. The van der Waals surface area contributed by atoms with Crippen molar-refractivity contribution < 1.29 is 13.8 Å². The summed E-state index contributed by atoms with van der Waals surface area (Å²) in [6.45, 7) is 3.22. The van der Waals surface area contributed by atoms with E-state index in [2.05, 4.69) is 0 Å². The second kappa shape index (κ2) is 3.92. The van der Waals surface area contributed by atoms with Gasteiger partial charge in [-0.2, -0.15) is 3.89 Å². The van der Waals surface area contributed by atoms with Crippen molar-refractivity contribution in [1.29, 1.82) is 0 Å². The van der Waals surface area contributed by atoms with Crippen LogP contribution in [-0.2, 0) is 4.79 Å². The lowest BCUT2D eigenvalue weighted by atomic mass is 10.0. The van der Waals surface area contributed by atoms with E-state index in [1.165, 1.54) is 0 Å². The fraction of sp³-hybridized carbons (Fsp3) is 0.833. The Balaban J connectivity index is 3.93. The lowest BCUT2D eigenvalue weighted by Gasteiger charge is -2.20. The van der Waals surface area contributed by atoms with Crippen molar-refractivity contribution in [3.63, 3.8) is 0 Å². The molecule has 0 spiro atoms. The number of rotatable bonds is 4. The number of carbonyl (C=O) groups is 1. The number of carboxylic acids is 1. The molecule has 0 saturated heterocycles. The summed E-state index contributed by atoms with van der Waals surface area (Å²) >= 11 is 0.129. The monoisotopic (exact) mass is 181 g/mol. The van der Waals surface area contributed by atoms with Gasteiger partial charge in [0, 0.05) is 4.75 Å². The second-order valence-electron chi connectivity index (χ2n) is 2.99. The number of carboxylic acid groups (broad SMARTS) is 1. The third-order valence-electron chi connectivity index (χ3n) is 1.24. The predicted octanol–water partition coefficient (Wildman–Crippen LogP) is 1.18. The molecule has 11 heavy (non-hydrogen) atoms. The van der Waals surface area contributed by atoms with Gasteiger partial charge in [-0.3, -0.25) is 4.79 Å². The van der Waals surface area contributed by atoms with E-state index in [9.17, 15) is 8.68 Å². The Hall–Kier alpha value is -0.290. The molecule has 0 bridgehead atoms. The highest BCUT2D eigenvalue weighted by molar-refractivity contribution is 7.95. The topological polar surface area (TPSA) is 63.3 Å². The highest BCUT2D eigenvalue weighted by atomic mass is 32.2. The first-order chi connectivity index (χ1) is 4.89. The van der Waals surface area contributed by atoms with E-state index >= 15 is 0 Å². The van der Waals surface area contributed by atoms with Gasteiger partial charge in [0.2, 0.25) is 0 Å². The Kier molecular flexibility index (Phi) is 3.82. The second-order valence-corrected chi connectivity index (χ2v) is 4.25. The highest BCUT2D eigenvalue weighted by Gasteiger charge is 2.26. The van der Waals surface area contributed by atoms with Crippen LogP contribution in [0.4, 0.5) is 3.89 Å². The minimum absolute atomic E-state index is 0.128. The number of hydrogen-bond acceptors (Lipinski definition) is 3. The highest BCUT2D eigenvalue weighted by Crippen LogP contribution is 2.29. The van der Waals surface area contributed by atoms with Crippen LogP contribution in [-0.4, -0.2) is 21.9 Å². The molecule has 0 unspecified atom stereocenters.